The summed E-state index contributed by atoms with van der Waals surface area (Å²) in [5, 5.41) is 2.87. The first-order valence-electron chi connectivity index (χ1n) is 9.78. The largest absolute Gasteiger partial charge is 0.493 e. The molecule has 0 fully saturated rings. The van der Waals surface area contributed by atoms with E-state index in [0.717, 1.165) is 22.4 Å². The number of hydrogen-bond donors (Lipinski definition) is 1. The summed E-state index contributed by atoms with van der Waals surface area (Å²) in [5.41, 5.74) is 3.17. The number of carbonyl (C=O) groups excluding carboxylic acids is 1. The fourth-order valence-electron chi connectivity index (χ4n) is 3.19. The van der Waals surface area contributed by atoms with E-state index in [-0.39, 0.29) is 18.3 Å². The van der Waals surface area contributed by atoms with Crippen molar-refractivity contribution in [2.24, 2.45) is 0 Å². The van der Waals surface area contributed by atoms with Crippen molar-refractivity contribution in [1.29, 1.82) is 0 Å². The molecule has 0 saturated carbocycles. The van der Waals surface area contributed by atoms with Gasteiger partial charge in [-0.2, -0.15) is 0 Å². The predicted octanol–water partition coefficient (Wildman–Crippen LogP) is 4.47. The Morgan fingerprint density at radius 1 is 0.967 bits per heavy atom. The first kappa shape index (κ1) is 21.3. The number of hydrogen-bond acceptors (Lipinski definition) is 5. The number of ether oxygens (including phenoxy) is 3. The van der Waals surface area contributed by atoms with E-state index in [1.807, 2.05) is 50.2 Å². The number of furan rings is 1. The van der Waals surface area contributed by atoms with Crippen molar-refractivity contribution in [2.45, 2.75) is 26.9 Å². The van der Waals surface area contributed by atoms with Crippen molar-refractivity contribution in [3.63, 3.8) is 0 Å². The lowest BCUT2D eigenvalue weighted by molar-refractivity contribution is 0.0922. The molecule has 30 heavy (non-hydrogen) atoms. The van der Waals surface area contributed by atoms with Gasteiger partial charge in [-0.1, -0.05) is 24.3 Å². The monoisotopic (exact) mass is 409 g/mol. The molecule has 6 heteroatoms. The second kappa shape index (κ2) is 9.87. The van der Waals surface area contributed by atoms with Gasteiger partial charge >= 0.3 is 0 Å². The number of benzene rings is 2. The molecular formula is C24H27NO5. The summed E-state index contributed by atoms with van der Waals surface area (Å²) in [6.45, 7) is 4.75. The number of aryl methyl sites for hydroxylation is 2. The summed E-state index contributed by atoms with van der Waals surface area (Å²) < 4.78 is 22.1. The second-order valence-electron chi connectivity index (χ2n) is 6.97. The van der Waals surface area contributed by atoms with Crippen molar-refractivity contribution < 1.29 is 23.4 Å². The fraction of sp³-hybridized carbons (Fsp3) is 0.292. The van der Waals surface area contributed by atoms with Crippen LogP contribution in [-0.2, 0) is 13.0 Å². The maximum Gasteiger partial charge on any atom is 0.287 e. The molecule has 1 aromatic heterocycles. The van der Waals surface area contributed by atoms with E-state index in [1.165, 1.54) is 0 Å². The molecule has 0 bridgehead atoms. The summed E-state index contributed by atoms with van der Waals surface area (Å²) in [4.78, 5) is 12.4. The van der Waals surface area contributed by atoms with Gasteiger partial charge in [0, 0.05) is 6.54 Å². The van der Waals surface area contributed by atoms with E-state index in [2.05, 4.69) is 5.32 Å². The van der Waals surface area contributed by atoms with E-state index in [4.69, 9.17) is 18.6 Å². The van der Waals surface area contributed by atoms with Gasteiger partial charge in [0.15, 0.2) is 17.3 Å². The number of nitrogens with one attached hydrogen (secondary N) is 1. The molecule has 158 valence electrons. The summed E-state index contributed by atoms with van der Waals surface area (Å²) in [5.74, 6) is 2.80. The van der Waals surface area contributed by atoms with Crippen molar-refractivity contribution in [3.05, 3.63) is 76.7 Å². The fourth-order valence-corrected chi connectivity index (χ4v) is 3.19. The third-order valence-corrected chi connectivity index (χ3v) is 4.80. The quantitative estimate of drug-likeness (QED) is 0.565. The SMILES string of the molecule is COc1ccc(CCNC(=O)c2ccc(COc3c(C)cccc3C)o2)cc1OC. The normalized spacial score (nSPS) is 10.5. The first-order chi connectivity index (χ1) is 14.5. The van der Waals surface area contributed by atoms with E-state index < -0.39 is 0 Å². The molecule has 6 nitrogen and oxygen atoms in total. The summed E-state index contributed by atoms with van der Waals surface area (Å²) in [7, 11) is 3.20. The minimum absolute atomic E-state index is 0.256. The lowest BCUT2D eigenvalue weighted by Gasteiger charge is -2.10. The highest BCUT2D eigenvalue weighted by molar-refractivity contribution is 5.91. The Morgan fingerprint density at radius 3 is 2.40 bits per heavy atom. The average Bonchev–Trinajstić information content (AvgIpc) is 3.22. The van der Waals surface area contributed by atoms with Crippen LogP contribution < -0.4 is 19.5 Å². The van der Waals surface area contributed by atoms with E-state index in [9.17, 15) is 4.79 Å². The van der Waals surface area contributed by atoms with Gasteiger partial charge in [0.05, 0.1) is 14.2 Å². The van der Waals surface area contributed by atoms with Gasteiger partial charge in [0.25, 0.3) is 5.91 Å². The Morgan fingerprint density at radius 2 is 1.70 bits per heavy atom. The molecule has 3 rings (SSSR count). The van der Waals surface area contributed by atoms with Crippen molar-refractivity contribution >= 4 is 5.91 Å². The number of para-hydroxylation sites is 1. The van der Waals surface area contributed by atoms with Crippen LogP contribution in [0.25, 0.3) is 0 Å². The van der Waals surface area contributed by atoms with Gasteiger partial charge in [-0.25, -0.2) is 0 Å². The molecule has 2 aromatic carbocycles. The first-order valence-corrected chi connectivity index (χ1v) is 9.78. The predicted molar refractivity (Wildman–Crippen MR) is 115 cm³/mol. The Bertz CT molecular complexity index is 988. The van der Waals surface area contributed by atoms with E-state index in [1.54, 1.807) is 26.4 Å². The third kappa shape index (κ3) is 5.14. The lowest BCUT2D eigenvalue weighted by Crippen LogP contribution is -2.25. The molecule has 0 unspecified atom stereocenters. The Hall–Kier alpha value is -3.41. The molecule has 1 amide bonds. The van der Waals surface area contributed by atoms with Crippen LogP contribution in [0.3, 0.4) is 0 Å². The van der Waals surface area contributed by atoms with Crippen LogP contribution in [0.5, 0.6) is 17.2 Å². The molecule has 0 aliphatic carbocycles. The third-order valence-electron chi connectivity index (χ3n) is 4.80. The summed E-state index contributed by atoms with van der Waals surface area (Å²) in [6.07, 6.45) is 0.662. The summed E-state index contributed by atoms with van der Waals surface area (Å²) >= 11 is 0. The Kier molecular flexibility index (Phi) is 7.01. The van der Waals surface area contributed by atoms with Crippen LogP contribution in [0.15, 0.2) is 52.9 Å². The van der Waals surface area contributed by atoms with Gasteiger partial charge in [0.1, 0.15) is 18.1 Å². The lowest BCUT2D eigenvalue weighted by atomic mass is 10.1. The average molecular weight is 409 g/mol. The molecule has 0 aliphatic rings. The Balaban J connectivity index is 1.51. The van der Waals surface area contributed by atoms with Gasteiger partial charge in [-0.3, -0.25) is 4.79 Å². The smallest absolute Gasteiger partial charge is 0.287 e. The number of amides is 1. The van der Waals surface area contributed by atoms with Crippen LogP contribution >= 0.6 is 0 Å². The van der Waals surface area contributed by atoms with Crippen LogP contribution in [0.1, 0.15) is 33.0 Å². The highest BCUT2D eigenvalue weighted by atomic mass is 16.5. The zero-order chi connectivity index (χ0) is 21.5. The van der Waals surface area contributed by atoms with Crippen molar-refractivity contribution in [1.82, 2.24) is 5.32 Å². The molecular weight excluding hydrogens is 382 g/mol. The number of rotatable bonds is 9. The molecule has 0 spiro atoms. The molecule has 3 aromatic rings. The molecule has 1 heterocycles. The van der Waals surface area contributed by atoms with Crippen LogP contribution in [0.4, 0.5) is 0 Å². The van der Waals surface area contributed by atoms with Crippen LogP contribution in [-0.4, -0.2) is 26.7 Å². The van der Waals surface area contributed by atoms with Crippen molar-refractivity contribution in [3.8, 4) is 17.2 Å². The summed E-state index contributed by atoms with van der Waals surface area (Å²) in [6, 6.07) is 15.1. The van der Waals surface area contributed by atoms with Gasteiger partial charge in [0.2, 0.25) is 0 Å². The van der Waals surface area contributed by atoms with Crippen LogP contribution in [0.2, 0.25) is 0 Å². The van der Waals surface area contributed by atoms with Gasteiger partial charge in [-0.15, -0.1) is 0 Å². The zero-order valence-electron chi connectivity index (χ0n) is 17.8. The number of methoxy groups -OCH3 is 2. The maximum absolute atomic E-state index is 12.4. The van der Waals surface area contributed by atoms with Crippen LogP contribution in [0, 0.1) is 13.8 Å². The van der Waals surface area contributed by atoms with Gasteiger partial charge in [-0.05, 0) is 61.2 Å². The van der Waals surface area contributed by atoms with Crippen molar-refractivity contribution in [2.75, 3.05) is 20.8 Å². The zero-order valence-corrected chi connectivity index (χ0v) is 17.8. The topological polar surface area (TPSA) is 69.9 Å². The maximum atomic E-state index is 12.4. The molecule has 0 saturated heterocycles. The second-order valence-corrected chi connectivity index (χ2v) is 6.97. The Labute approximate surface area is 176 Å². The van der Waals surface area contributed by atoms with Gasteiger partial charge < -0.3 is 23.9 Å². The standard InChI is InChI=1S/C24H27NO5/c1-16-6-5-7-17(2)23(16)29-15-19-9-11-21(30-19)24(26)25-13-12-18-8-10-20(27-3)22(14-18)28-4/h5-11,14H,12-13,15H2,1-4H3,(H,25,26). The minimum Gasteiger partial charge on any atom is -0.493 e. The van der Waals surface area contributed by atoms with E-state index >= 15 is 0 Å². The molecule has 0 radical (unpaired) electrons. The number of carbonyl (C=O) groups is 1. The molecule has 0 atom stereocenters. The molecule has 0 aliphatic heterocycles. The highest BCUT2D eigenvalue weighted by Crippen LogP contribution is 2.27. The highest BCUT2D eigenvalue weighted by Gasteiger charge is 2.12. The molecule has 1 N–H and O–H groups in total. The van der Waals surface area contributed by atoms with E-state index in [0.29, 0.717) is 30.2 Å². The minimum atomic E-state index is -0.256.